The molecule has 5 atom stereocenters. The van der Waals surface area contributed by atoms with Gasteiger partial charge in [0, 0.05) is 19.1 Å². The van der Waals surface area contributed by atoms with Crippen molar-refractivity contribution in [3.05, 3.63) is 12.2 Å². The zero-order valence-electron chi connectivity index (χ0n) is 11.8. The standard InChI is InChI=1S/C16H26N2O/c1-2-15-11-19-16(10-18(15)5-1)9-17-8-14-7-12-3-4-13(14)6-12/h3-4,12-17H,1-2,5-11H2. The van der Waals surface area contributed by atoms with Crippen molar-refractivity contribution in [2.45, 2.75) is 37.8 Å². The highest BCUT2D eigenvalue weighted by molar-refractivity contribution is 5.10. The normalized spacial score (nSPS) is 44.9. The summed E-state index contributed by atoms with van der Waals surface area (Å²) in [6.07, 6.45) is 10.8. The van der Waals surface area contributed by atoms with Crippen LogP contribution in [-0.2, 0) is 4.74 Å². The molecule has 0 radical (unpaired) electrons. The van der Waals surface area contributed by atoms with Crippen LogP contribution in [0.25, 0.3) is 0 Å². The molecule has 0 spiro atoms. The lowest BCUT2D eigenvalue weighted by atomic mass is 9.93. The maximum absolute atomic E-state index is 6.00. The van der Waals surface area contributed by atoms with E-state index in [9.17, 15) is 0 Å². The van der Waals surface area contributed by atoms with Crippen LogP contribution in [0.1, 0.15) is 25.7 Å². The Hall–Kier alpha value is -0.380. The minimum Gasteiger partial charge on any atom is -0.374 e. The van der Waals surface area contributed by atoms with E-state index in [0.717, 1.165) is 43.5 Å². The molecule has 0 amide bonds. The lowest BCUT2D eigenvalue weighted by Crippen LogP contribution is -2.49. The number of fused-ring (bicyclic) bond motifs is 3. The van der Waals surface area contributed by atoms with Gasteiger partial charge in [0.2, 0.25) is 0 Å². The van der Waals surface area contributed by atoms with Crippen molar-refractivity contribution in [3.63, 3.8) is 0 Å². The first-order chi connectivity index (χ1) is 9.38. The van der Waals surface area contributed by atoms with Crippen LogP contribution in [0.15, 0.2) is 12.2 Å². The van der Waals surface area contributed by atoms with E-state index in [1.165, 1.54) is 38.8 Å². The molecule has 3 heteroatoms. The summed E-state index contributed by atoms with van der Waals surface area (Å²) in [5, 5.41) is 3.68. The van der Waals surface area contributed by atoms with Crippen molar-refractivity contribution in [1.29, 1.82) is 0 Å². The van der Waals surface area contributed by atoms with Gasteiger partial charge in [0.05, 0.1) is 12.7 Å². The summed E-state index contributed by atoms with van der Waals surface area (Å²) in [4.78, 5) is 2.64. The zero-order valence-corrected chi connectivity index (χ0v) is 11.8. The fraction of sp³-hybridized carbons (Fsp3) is 0.875. The van der Waals surface area contributed by atoms with E-state index in [0.29, 0.717) is 6.10 Å². The molecule has 2 saturated heterocycles. The second-order valence-electron chi connectivity index (χ2n) is 6.94. The molecule has 0 aromatic rings. The predicted octanol–water partition coefficient (Wildman–Crippen LogP) is 1.65. The number of nitrogens with one attached hydrogen (secondary N) is 1. The molecule has 19 heavy (non-hydrogen) atoms. The Bertz CT molecular complexity index is 357. The van der Waals surface area contributed by atoms with Crippen molar-refractivity contribution in [1.82, 2.24) is 10.2 Å². The van der Waals surface area contributed by atoms with Crippen molar-refractivity contribution in [2.24, 2.45) is 17.8 Å². The molecule has 3 nitrogen and oxygen atoms in total. The molecule has 1 saturated carbocycles. The first-order valence-corrected chi connectivity index (χ1v) is 8.13. The van der Waals surface area contributed by atoms with Gasteiger partial charge in [-0.05, 0) is 56.5 Å². The number of allylic oxidation sites excluding steroid dienone is 2. The summed E-state index contributed by atoms with van der Waals surface area (Å²) in [6, 6.07) is 0.729. The second kappa shape index (κ2) is 5.19. The lowest BCUT2D eigenvalue weighted by molar-refractivity contribution is -0.0472. The number of rotatable bonds is 4. The summed E-state index contributed by atoms with van der Waals surface area (Å²) in [5.74, 6) is 2.65. The third-order valence-electron chi connectivity index (χ3n) is 5.66. The topological polar surface area (TPSA) is 24.5 Å². The van der Waals surface area contributed by atoms with E-state index in [-0.39, 0.29) is 0 Å². The Morgan fingerprint density at radius 2 is 2.21 bits per heavy atom. The number of hydrogen-bond acceptors (Lipinski definition) is 3. The zero-order chi connectivity index (χ0) is 12.7. The maximum atomic E-state index is 6.00. The molecule has 2 bridgehead atoms. The lowest BCUT2D eigenvalue weighted by Gasteiger charge is -2.35. The molecule has 106 valence electrons. The summed E-state index contributed by atoms with van der Waals surface area (Å²) >= 11 is 0. The van der Waals surface area contributed by atoms with Gasteiger partial charge >= 0.3 is 0 Å². The molecule has 0 aromatic carbocycles. The Morgan fingerprint density at radius 3 is 3.05 bits per heavy atom. The van der Waals surface area contributed by atoms with Crippen LogP contribution in [0.2, 0.25) is 0 Å². The van der Waals surface area contributed by atoms with Crippen LogP contribution in [0.5, 0.6) is 0 Å². The van der Waals surface area contributed by atoms with Gasteiger partial charge in [0.1, 0.15) is 0 Å². The van der Waals surface area contributed by atoms with Gasteiger partial charge in [-0.1, -0.05) is 12.2 Å². The van der Waals surface area contributed by atoms with Crippen LogP contribution in [-0.4, -0.2) is 49.8 Å². The van der Waals surface area contributed by atoms with Crippen molar-refractivity contribution in [2.75, 3.05) is 32.8 Å². The van der Waals surface area contributed by atoms with Crippen molar-refractivity contribution < 1.29 is 4.74 Å². The summed E-state index contributed by atoms with van der Waals surface area (Å²) in [5.41, 5.74) is 0. The molecule has 0 aromatic heterocycles. The van der Waals surface area contributed by atoms with E-state index in [1.54, 1.807) is 0 Å². The molecule has 2 aliphatic heterocycles. The highest BCUT2D eigenvalue weighted by Gasteiger charge is 2.36. The van der Waals surface area contributed by atoms with Crippen LogP contribution >= 0.6 is 0 Å². The highest BCUT2D eigenvalue weighted by Crippen LogP contribution is 2.42. The van der Waals surface area contributed by atoms with Gasteiger partial charge in [-0.3, -0.25) is 4.90 Å². The first-order valence-electron chi connectivity index (χ1n) is 8.13. The van der Waals surface area contributed by atoms with Crippen LogP contribution in [0.4, 0.5) is 0 Å². The van der Waals surface area contributed by atoms with Crippen molar-refractivity contribution in [3.8, 4) is 0 Å². The molecule has 3 fully saturated rings. The van der Waals surface area contributed by atoms with E-state index in [1.807, 2.05) is 0 Å². The van der Waals surface area contributed by atoms with E-state index in [4.69, 9.17) is 4.74 Å². The minimum atomic E-state index is 0.420. The fourth-order valence-corrected chi connectivity index (χ4v) is 4.57. The van der Waals surface area contributed by atoms with Gasteiger partial charge in [-0.15, -0.1) is 0 Å². The monoisotopic (exact) mass is 262 g/mol. The second-order valence-corrected chi connectivity index (χ2v) is 6.94. The van der Waals surface area contributed by atoms with Crippen LogP contribution in [0, 0.1) is 17.8 Å². The minimum absolute atomic E-state index is 0.420. The molecule has 5 unspecified atom stereocenters. The van der Waals surface area contributed by atoms with Crippen LogP contribution in [0.3, 0.4) is 0 Å². The SMILES string of the molecule is C1=CC2CC1CC2CNCC1CN2CCCC2CO1. The van der Waals surface area contributed by atoms with Gasteiger partial charge in [-0.25, -0.2) is 0 Å². The Kier molecular flexibility index (Phi) is 3.38. The predicted molar refractivity (Wildman–Crippen MR) is 76.0 cm³/mol. The Labute approximate surface area is 116 Å². The quantitative estimate of drug-likeness (QED) is 0.780. The third-order valence-corrected chi connectivity index (χ3v) is 5.66. The maximum Gasteiger partial charge on any atom is 0.0826 e. The number of nitrogens with zero attached hydrogens (tertiary/aromatic N) is 1. The van der Waals surface area contributed by atoms with Gasteiger partial charge < -0.3 is 10.1 Å². The largest absolute Gasteiger partial charge is 0.374 e. The molecular formula is C16H26N2O. The average molecular weight is 262 g/mol. The van der Waals surface area contributed by atoms with Gasteiger partial charge in [0.15, 0.2) is 0 Å². The van der Waals surface area contributed by atoms with E-state index >= 15 is 0 Å². The molecule has 1 N–H and O–H groups in total. The number of hydrogen-bond donors (Lipinski definition) is 1. The fourth-order valence-electron chi connectivity index (χ4n) is 4.57. The first kappa shape index (κ1) is 12.4. The van der Waals surface area contributed by atoms with E-state index in [2.05, 4.69) is 22.4 Å². The smallest absolute Gasteiger partial charge is 0.0826 e. The van der Waals surface area contributed by atoms with Crippen LogP contribution < -0.4 is 5.32 Å². The number of ether oxygens (including phenoxy) is 1. The average Bonchev–Trinajstić information content (AvgIpc) is 3.14. The number of morpholine rings is 1. The molecule has 4 rings (SSSR count). The van der Waals surface area contributed by atoms with Crippen molar-refractivity contribution >= 4 is 0 Å². The summed E-state index contributed by atoms with van der Waals surface area (Å²) < 4.78 is 6.00. The Morgan fingerprint density at radius 1 is 1.21 bits per heavy atom. The molecule has 4 aliphatic rings. The highest BCUT2D eigenvalue weighted by atomic mass is 16.5. The summed E-state index contributed by atoms with van der Waals surface area (Å²) in [7, 11) is 0. The van der Waals surface area contributed by atoms with Gasteiger partial charge in [0.25, 0.3) is 0 Å². The molecule has 2 heterocycles. The van der Waals surface area contributed by atoms with E-state index < -0.39 is 0 Å². The third kappa shape index (κ3) is 2.48. The van der Waals surface area contributed by atoms with Gasteiger partial charge in [-0.2, -0.15) is 0 Å². The molecular weight excluding hydrogens is 236 g/mol. The summed E-state index contributed by atoms with van der Waals surface area (Å²) in [6.45, 7) is 5.63. The molecule has 2 aliphatic carbocycles. The Balaban J connectivity index is 1.20.